The van der Waals surface area contributed by atoms with E-state index in [4.69, 9.17) is 5.73 Å². The monoisotopic (exact) mass is 348 g/mol. The van der Waals surface area contributed by atoms with Gasteiger partial charge in [-0.3, -0.25) is 0 Å². The van der Waals surface area contributed by atoms with Gasteiger partial charge in [-0.1, -0.05) is 0 Å². The zero-order chi connectivity index (χ0) is 18.5. The molecule has 0 radical (unpaired) electrons. The van der Waals surface area contributed by atoms with Gasteiger partial charge in [0.05, 0.1) is 54.9 Å². The lowest BCUT2D eigenvalue weighted by Gasteiger charge is -2.36. The van der Waals surface area contributed by atoms with Gasteiger partial charge in [-0.2, -0.15) is 0 Å². The van der Waals surface area contributed by atoms with E-state index in [2.05, 4.69) is 52.3 Å². The smallest absolute Gasteiger partial charge is 0.108 e. The molecule has 0 saturated carbocycles. The second-order valence-electron chi connectivity index (χ2n) is 9.41. The maximum absolute atomic E-state index is 5.81. The van der Waals surface area contributed by atoms with Gasteiger partial charge in [0, 0.05) is 24.3 Å². The highest BCUT2D eigenvalue weighted by atomic mass is 15.4. The molecule has 1 unspecified atom stereocenters. The van der Waals surface area contributed by atoms with Crippen molar-refractivity contribution in [3.05, 3.63) is 24.3 Å². The predicted octanol–water partition coefficient (Wildman–Crippen LogP) is 3.19. The molecule has 2 N–H and O–H groups in total. The van der Waals surface area contributed by atoms with Crippen molar-refractivity contribution in [2.75, 3.05) is 72.1 Å². The van der Waals surface area contributed by atoms with E-state index in [1.807, 2.05) is 12.1 Å². The molecule has 0 amide bonds. The summed E-state index contributed by atoms with van der Waals surface area (Å²) in [5.41, 5.74) is 7.98. The van der Waals surface area contributed by atoms with Gasteiger partial charge in [-0.25, -0.2) is 0 Å². The molecule has 0 spiro atoms. The molecule has 0 aliphatic carbocycles. The van der Waals surface area contributed by atoms with Gasteiger partial charge in [0.1, 0.15) is 6.04 Å². The second kappa shape index (κ2) is 8.41. The summed E-state index contributed by atoms with van der Waals surface area (Å²) in [5, 5.41) is 0. The van der Waals surface area contributed by atoms with Crippen LogP contribution in [0, 0.1) is 0 Å². The fraction of sp³-hybridized carbons (Fsp3) is 0.714. The Bertz CT molecular complexity index is 516. The van der Waals surface area contributed by atoms with Gasteiger partial charge >= 0.3 is 0 Å². The fourth-order valence-electron chi connectivity index (χ4n) is 3.87. The predicted molar refractivity (Wildman–Crippen MR) is 110 cm³/mol. The number of anilines is 2. The van der Waals surface area contributed by atoms with Crippen LogP contribution < -0.4 is 10.6 Å². The molecule has 1 heterocycles. The van der Waals surface area contributed by atoms with Crippen LogP contribution in [0.4, 0.5) is 11.4 Å². The minimum absolute atomic E-state index is 0.740. The number of benzene rings is 1. The van der Waals surface area contributed by atoms with E-state index < -0.39 is 0 Å². The van der Waals surface area contributed by atoms with Crippen molar-refractivity contribution in [2.24, 2.45) is 0 Å². The summed E-state index contributed by atoms with van der Waals surface area (Å²) in [7, 11) is 11.7. The Kier molecular flexibility index (Phi) is 6.75. The van der Waals surface area contributed by atoms with Crippen molar-refractivity contribution >= 4 is 11.4 Å². The first kappa shape index (κ1) is 20.1. The largest absolute Gasteiger partial charge is 0.399 e. The van der Waals surface area contributed by atoms with Crippen molar-refractivity contribution in [3.63, 3.8) is 0 Å². The molecule has 142 valence electrons. The van der Waals surface area contributed by atoms with E-state index in [-0.39, 0.29) is 0 Å². The summed E-state index contributed by atoms with van der Waals surface area (Å²) >= 11 is 0. The molecule has 1 fully saturated rings. The third-order valence-electron chi connectivity index (χ3n) is 5.72. The van der Waals surface area contributed by atoms with Gasteiger partial charge in [0.25, 0.3) is 0 Å². The fourth-order valence-corrected chi connectivity index (χ4v) is 3.87. The number of nitrogens with two attached hydrogens (primary N) is 1. The Hall–Kier alpha value is -1.26. The van der Waals surface area contributed by atoms with Gasteiger partial charge in [0.15, 0.2) is 0 Å². The summed E-state index contributed by atoms with van der Waals surface area (Å²) < 4.78 is 2.24. The first-order valence-corrected chi connectivity index (χ1v) is 9.91. The standard InChI is InChI=1S/C21H40N4/c1-24(2,3)16-8-6-7-9-17-25(4,5)21-14-15-23(18-21)20-12-10-19(22)11-13-20/h10-13,21H,6-9,14-18,22H2,1-5H3/q+2. The van der Waals surface area contributed by atoms with Crippen LogP contribution in [0.5, 0.6) is 0 Å². The van der Waals surface area contributed by atoms with Gasteiger partial charge in [-0.15, -0.1) is 0 Å². The molecule has 1 aliphatic rings. The average Bonchev–Trinajstić information content (AvgIpc) is 3.01. The molecule has 1 saturated heterocycles. The molecular weight excluding hydrogens is 308 g/mol. The molecule has 1 aromatic carbocycles. The molecule has 0 bridgehead atoms. The second-order valence-corrected chi connectivity index (χ2v) is 9.41. The highest BCUT2D eigenvalue weighted by Gasteiger charge is 2.34. The molecular formula is C21H40N4+2. The zero-order valence-corrected chi connectivity index (χ0v) is 17.2. The number of rotatable bonds is 9. The lowest BCUT2D eigenvalue weighted by atomic mass is 10.1. The lowest BCUT2D eigenvalue weighted by molar-refractivity contribution is -0.912. The SMILES string of the molecule is C[N+](C)(C)CCCCCC[N+](C)(C)C1CCN(c2ccc(N)cc2)C1. The molecule has 4 nitrogen and oxygen atoms in total. The number of unbranched alkanes of at least 4 members (excludes halogenated alkanes) is 3. The maximum Gasteiger partial charge on any atom is 0.108 e. The van der Waals surface area contributed by atoms with Crippen LogP contribution in [-0.2, 0) is 0 Å². The molecule has 25 heavy (non-hydrogen) atoms. The number of hydrogen-bond donors (Lipinski definition) is 1. The Morgan fingerprint density at radius 3 is 2.12 bits per heavy atom. The third kappa shape index (κ3) is 6.52. The third-order valence-corrected chi connectivity index (χ3v) is 5.72. The Morgan fingerprint density at radius 1 is 0.920 bits per heavy atom. The van der Waals surface area contributed by atoms with Crippen LogP contribution >= 0.6 is 0 Å². The first-order valence-electron chi connectivity index (χ1n) is 9.91. The van der Waals surface area contributed by atoms with Gasteiger partial charge < -0.3 is 19.6 Å². The minimum atomic E-state index is 0.740. The number of nitrogen functional groups attached to an aromatic ring is 1. The van der Waals surface area contributed by atoms with Crippen molar-refractivity contribution < 1.29 is 8.97 Å². The quantitative estimate of drug-likeness (QED) is 0.422. The molecule has 2 rings (SSSR count). The van der Waals surface area contributed by atoms with Gasteiger partial charge in [0.2, 0.25) is 0 Å². The highest BCUT2D eigenvalue weighted by Crippen LogP contribution is 2.26. The Balaban J connectivity index is 1.72. The lowest BCUT2D eigenvalue weighted by Crippen LogP contribution is -2.50. The Morgan fingerprint density at radius 2 is 1.52 bits per heavy atom. The normalized spacial score (nSPS) is 18.8. The maximum atomic E-state index is 5.81. The summed E-state index contributed by atoms with van der Waals surface area (Å²) in [5.74, 6) is 0. The van der Waals surface area contributed by atoms with E-state index in [0.717, 1.165) is 20.7 Å². The Labute approximate surface area is 155 Å². The van der Waals surface area contributed by atoms with Crippen molar-refractivity contribution in [1.29, 1.82) is 0 Å². The minimum Gasteiger partial charge on any atom is -0.399 e. The average molecular weight is 349 g/mol. The topological polar surface area (TPSA) is 29.3 Å². The van der Waals surface area contributed by atoms with Crippen LogP contribution in [0.3, 0.4) is 0 Å². The molecule has 1 atom stereocenters. The molecule has 1 aromatic rings. The number of quaternary nitrogens is 2. The summed E-state index contributed by atoms with van der Waals surface area (Å²) in [6.07, 6.45) is 6.74. The van der Waals surface area contributed by atoms with Crippen molar-refractivity contribution in [2.45, 2.75) is 38.1 Å². The van der Waals surface area contributed by atoms with Crippen molar-refractivity contribution in [1.82, 2.24) is 0 Å². The number of hydrogen-bond acceptors (Lipinski definition) is 2. The van der Waals surface area contributed by atoms with Crippen LogP contribution in [0.1, 0.15) is 32.1 Å². The van der Waals surface area contributed by atoms with E-state index in [0.29, 0.717) is 0 Å². The molecule has 0 aromatic heterocycles. The summed E-state index contributed by atoms with van der Waals surface area (Å²) in [4.78, 5) is 2.52. The molecule has 4 heteroatoms. The van der Waals surface area contributed by atoms with Crippen LogP contribution in [0.15, 0.2) is 24.3 Å². The summed E-state index contributed by atoms with van der Waals surface area (Å²) in [6.45, 7) is 4.92. The molecule has 1 aliphatic heterocycles. The van der Waals surface area contributed by atoms with E-state index >= 15 is 0 Å². The zero-order valence-electron chi connectivity index (χ0n) is 17.2. The first-order chi connectivity index (χ1) is 11.7. The van der Waals surface area contributed by atoms with Gasteiger partial charge in [-0.05, 0) is 49.9 Å². The van der Waals surface area contributed by atoms with E-state index in [1.54, 1.807) is 0 Å². The van der Waals surface area contributed by atoms with Crippen LogP contribution in [-0.4, -0.2) is 76.4 Å². The number of likely N-dealkylation sites (N-methyl/N-ethyl adjacent to an activating group) is 1. The number of nitrogens with zero attached hydrogens (tertiary/aromatic N) is 3. The highest BCUT2D eigenvalue weighted by molar-refractivity contribution is 5.53. The van der Waals surface area contributed by atoms with Crippen LogP contribution in [0.25, 0.3) is 0 Å². The van der Waals surface area contributed by atoms with E-state index in [1.165, 1.54) is 64.0 Å². The van der Waals surface area contributed by atoms with Crippen LogP contribution in [0.2, 0.25) is 0 Å². The van der Waals surface area contributed by atoms with Crippen molar-refractivity contribution in [3.8, 4) is 0 Å². The van der Waals surface area contributed by atoms with E-state index in [9.17, 15) is 0 Å². The summed E-state index contributed by atoms with van der Waals surface area (Å²) in [6, 6.07) is 9.08.